The summed E-state index contributed by atoms with van der Waals surface area (Å²) in [6, 6.07) is 0. The maximum absolute atomic E-state index is 5.40. The molecule has 0 fully saturated rings. The number of rotatable bonds is 8. The summed E-state index contributed by atoms with van der Waals surface area (Å²) in [5.74, 6) is 1.84. The number of hydrogen-bond donors (Lipinski definition) is 1. The Morgan fingerprint density at radius 3 is 2.83 bits per heavy atom. The smallest absolute Gasteiger partial charge is 0.199 e. The van der Waals surface area contributed by atoms with Crippen molar-refractivity contribution >= 4 is 18.0 Å². The second-order valence-corrected chi connectivity index (χ2v) is 7.39. The van der Waals surface area contributed by atoms with Gasteiger partial charge in [-0.15, -0.1) is 0 Å². The van der Waals surface area contributed by atoms with Gasteiger partial charge in [0.25, 0.3) is 0 Å². The Morgan fingerprint density at radius 2 is 2.13 bits per heavy atom. The topological polar surface area (TPSA) is 35.2 Å². The molecule has 23 heavy (non-hydrogen) atoms. The highest BCUT2D eigenvalue weighted by molar-refractivity contribution is 7.71. The summed E-state index contributed by atoms with van der Waals surface area (Å²) >= 11 is 5.40. The maximum atomic E-state index is 5.40. The Kier molecular flexibility index (Phi) is 7.03. The predicted molar refractivity (Wildman–Crippen MR) is 101 cm³/mol. The molecule has 0 aliphatic carbocycles. The highest BCUT2D eigenvalue weighted by Gasteiger charge is 2.22. The average Bonchev–Trinajstić information content (AvgIpc) is 2.51. The van der Waals surface area contributed by atoms with Gasteiger partial charge in [-0.1, -0.05) is 33.6 Å². The molecule has 1 aromatic rings. The fraction of sp³-hybridized carbons (Fsp3) is 0.778. The van der Waals surface area contributed by atoms with Crippen LogP contribution in [0.1, 0.15) is 57.7 Å². The summed E-state index contributed by atoms with van der Waals surface area (Å²) < 4.78 is 0.622. The molecule has 130 valence electrons. The number of fused-ring (bicyclic) bond motifs is 1. The molecule has 5 heteroatoms. The van der Waals surface area contributed by atoms with Crippen LogP contribution in [0.2, 0.25) is 0 Å². The second kappa shape index (κ2) is 8.78. The van der Waals surface area contributed by atoms with E-state index in [0.29, 0.717) is 10.7 Å². The number of likely N-dealkylation sites (N-methyl/N-ethyl adjacent to an activating group) is 1. The van der Waals surface area contributed by atoms with Crippen molar-refractivity contribution in [3.05, 3.63) is 16.0 Å². The van der Waals surface area contributed by atoms with Crippen LogP contribution in [-0.2, 0) is 13.0 Å². The van der Waals surface area contributed by atoms with Gasteiger partial charge in [-0.05, 0) is 44.4 Å². The summed E-state index contributed by atoms with van der Waals surface area (Å²) in [5.41, 5.74) is 2.64. The van der Waals surface area contributed by atoms with E-state index in [0.717, 1.165) is 44.8 Å². The third-order valence-corrected chi connectivity index (χ3v) is 4.84. The fourth-order valence-electron chi connectivity index (χ4n) is 3.42. The van der Waals surface area contributed by atoms with E-state index in [1.54, 1.807) is 0 Å². The van der Waals surface area contributed by atoms with Gasteiger partial charge in [0.05, 0.1) is 0 Å². The molecular formula is C18H32N4S. The van der Waals surface area contributed by atoms with E-state index in [-0.39, 0.29) is 0 Å². The normalized spacial score (nSPS) is 16.2. The first kappa shape index (κ1) is 18.4. The van der Waals surface area contributed by atoms with Gasteiger partial charge in [0, 0.05) is 37.4 Å². The zero-order valence-corrected chi connectivity index (χ0v) is 16.0. The van der Waals surface area contributed by atoms with Crippen LogP contribution in [0.3, 0.4) is 0 Å². The number of unbranched alkanes of at least 4 members (excludes halogenated alkanes) is 1. The van der Waals surface area contributed by atoms with Gasteiger partial charge in [0.1, 0.15) is 5.82 Å². The van der Waals surface area contributed by atoms with E-state index in [1.807, 2.05) is 0 Å². The van der Waals surface area contributed by atoms with Gasteiger partial charge < -0.3 is 14.8 Å². The standard InChI is InChI=1S/C18H32N4S/c1-5-7-8-14(3)12-22(10-6-2)17-15-9-11-21(4)13-16(15)19-18(23)20-17/h14H,5-13H2,1-4H3,(H,19,20,23)/t14-/m0/s1. The lowest BCUT2D eigenvalue weighted by atomic mass is 10.0. The van der Waals surface area contributed by atoms with Gasteiger partial charge in [0.15, 0.2) is 4.77 Å². The number of nitrogens with zero attached hydrogens (tertiary/aromatic N) is 3. The Balaban J connectivity index is 2.26. The quantitative estimate of drug-likeness (QED) is 0.723. The third kappa shape index (κ3) is 5.01. The first-order valence-electron chi connectivity index (χ1n) is 9.10. The van der Waals surface area contributed by atoms with Crippen LogP contribution in [0.15, 0.2) is 0 Å². The predicted octanol–water partition coefficient (Wildman–Crippen LogP) is 4.17. The zero-order chi connectivity index (χ0) is 16.8. The molecular weight excluding hydrogens is 304 g/mol. The Bertz CT molecular complexity index is 554. The number of aromatic amines is 1. The van der Waals surface area contributed by atoms with Crippen molar-refractivity contribution < 1.29 is 0 Å². The summed E-state index contributed by atoms with van der Waals surface area (Å²) in [4.78, 5) is 12.9. The molecule has 0 saturated carbocycles. The first-order chi connectivity index (χ1) is 11.0. The summed E-state index contributed by atoms with van der Waals surface area (Å²) in [5, 5.41) is 0. The Morgan fingerprint density at radius 1 is 1.35 bits per heavy atom. The fourth-order valence-corrected chi connectivity index (χ4v) is 3.63. The molecule has 1 atom stereocenters. The molecule has 2 heterocycles. The third-order valence-electron chi connectivity index (χ3n) is 4.65. The first-order valence-corrected chi connectivity index (χ1v) is 9.51. The van der Waals surface area contributed by atoms with E-state index < -0.39 is 0 Å². The minimum Gasteiger partial charge on any atom is -0.356 e. The van der Waals surface area contributed by atoms with E-state index in [4.69, 9.17) is 17.2 Å². The Hall–Kier alpha value is -0.940. The number of anilines is 1. The minimum absolute atomic E-state index is 0.622. The van der Waals surface area contributed by atoms with Crippen molar-refractivity contribution in [3.8, 4) is 0 Å². The van der Waals surface area contributed by atoms with Gasteiger partial charge in [-0.2, -0.15) is 0 Å². The van der Waals surface area contributed by atoms with Crippen molar-refractivity contribution in [2.24, 2.45) is 5.92 Å². The van der Waals surface area contributed by atoms with E-state index >= 15 is 0 Å². The van der Waals surface area contributed by atoms with Gasteiger partial charge in [-0.25, -0.2) is 4.98 Å². The zero-order valence-electron chi connectivity index (χ0n) is 15.2. The molecule has 0 radical (unpaired) electrons. The van der Waals surface area contributed by atoms with Crippen LogP contribution in [0.4, 0.5) is 5.82 Å². The van der Waals surface area contributed by atoms with Crippen LogP contribution in [0, 0.1) is 10.7 Å². The lowest BCUT2D eigenvalue weighted by Gasteiger charge is -2.32. The van der Waals surface area contributed by atoms with E-state index in [2.05, 4.69) is 42.6 Å². The minimum atomic E-state index is 0.622. The molecule has 0 amide bonds. The molecule has 2 rings (SSSR count). The summed E-state index contributed by atoms with van der Waals surface area (Å²) in [7, 11) is 2.16. The molecule has 1 aliphatic rings. The van der Waals surface area contributed by atoms with Crippen LogP contribution in [0.5, 0.6) is 0 Å². The van der Waals surface area contributed by atoms with Crippen LogP contribution in [0.25, 0.3) is 0 Å². The largest absolute Gasteiger partial charge is 0.356 e. The average molecular weight is 337 g/mol. The van der Waals surface area contributed by atoms with Crippen LogP contribution >= 0.6 is 12.2 Å². The highest BCUT2D eigenvalue weighted by Crippen LogP contribution is 2.26. The van der Waals surface area contributed by atoms with Crippen molar-refractivity contribution in [3.63, 3.8) is 0 Å². The van der Waals surface area contributed by atoms with Crippen molar-refractivity contribution in [2.75, 3.05) is 31.6 Å². The number of nitrogens with one attached hydrogen (secondary N) is 1. The van der Waals surface area contributed by atoms with Gasteiger partial charge >= 0.3 is 0 Å². The molecule has 4 nitrogen and oxygen atoms in total. The SMILES string of the molecule is CCCC[C@H](C)CN(CCC)c1nc(=S)[nH]c2c1CCN(C)C2. The van der Waals surface area contributed by atoms with E-state index in [1.165, 1.54) is 30.5 Å². The second-order valence-electron chi connectivity index (χ2n) is 7.00. The lowest BCUT2D eigenvalue weighted by Crippen LogP contribution is -2.34. The van der Waals surface area contributed by atoms with E-state index in [9.17, 15) is 0 Å². The molecule has 0 saturated heterocycles. The summed E-state index contributed by atoms with van der Waals surface area (Å²) in [6.07, 6.45) is 6.08. The summed E-state index contributed by atoms with van der Waals surface area (Å²) in [6.45, 7) is 11.1. The van der Waals surface area contributed by atoms with Crippen molar-refractivity contribution in [1.29, 1.82) is 0 Å². The highest BCUT2D eigenvalue weighted by atomic mass is 32.1. The molecule has 1 aliphatic heterocycles. The van der Waals surface area contributed by atoms with Gasteiger partial charge in [0.2, 0.25) is 0 Å². The number of H-pyrrole nitrogens is 1. The number of aromatic nitrogens is 2. The Labute approximate surface area is 146 Å². The molecule has 0 unspecified atom stereocenters. The maximum Gasteiger partial charge on any atom is 0.199 e. The molecule has 1 aromatic heterocycles. The molecule has 1 N–H and O–H groups in total. The van der Waals surface area contributed by atoms with Gasteiger partial charge in [-0.3, -0.25) is 0 Å². The molecule has 0 spiro atoms. The molecule has 0 aromatic carbocycles. The van der Waals surface area contributed by atoms with Crippen LogP contribution in [-0.4, -0.2) is 41.5 Å². The number of hydrogen-bond acceptors (Lipinski definition) is 4. The van der Waals surface area contributed by atoms with Crippen molar-refractivity contribution in [1.82, 2.24) is 14.9 Å². The molecule has 0 bridgehead atoms. The van der Waals surface area contributed by atoms with Crippen molar-refractivity contribution in [2.45, 2.75) is 59.4 Å². The van der Waals surface area contributed by atoms with Crippen LogP contribution < -0.4 is 4.90 Å². The monoisotopic (exact) mass is 336 g/mol. The lowest BCUT2D eigenvalue weighted by molar-refractivity contribution is 0.306.